The van der Waals surface area contributed by atoms with E-state index < -0.39 is 0 Å². The highest BCUT2D eigenvalue weighted by atomic mass is 79.9. The van der Waals surface area contributed by atoms with Gasteiger partial charge in [0.25, 0.3) is 0 Å². The lowest BCUT2D eigenvalue weighted by atomic mass is 10.1. The van der Waals surface area contributed by atoms with Gasteiger partial charge in [-0.25, -0.2) is 0 Å². The maximum atomic E-state index is 5.71. The lowest BCUT2D eigenvalue weighted by Crippen LogP contribution is -1.99. The summed E-state index contributed by atoms with van der Waals surface area (Å²) >= 11 is 3.44. The first kappa shape index (κ1) is 13.8. The van der Waals surface area contributed by atoms with Crippen molar-refractivity contribution < 1.29 is 4.42 Å². The molecule has 0 saturated heterocycles. The third kappa shape index (κ3) is 3.31. The minimum Gasteiger partial charge on any atom is -0.419 e. The predicted octanol–water partition coefficient (Wildman–Crippen LogP) is 4.42. The van der Waals surface area contributed by atoms with Gasteiger partial charge in [0, 0.05) is 15.7 Å². The molecule has 0 unspecified atom stereocenters. The SMILES string of the molecule is Cc1ccccc1-c1nnc(CNc2cccc(Br)c2)o1. The molecule has 0 amide bonds. The van der Waals surface area contributed by atoms with E-state index in [2.05, 4.69) is 31.4 Å². The van der Waals surface area contributed by atoms with Gasteiger partial charge in [-0.15, -0.1) is 10.2 Å². The van der Waals surface area contributed by atoms with E-state index >= 15 is 0 Å². The largest absolute Gasteiger partial charge is 0.419 e. The number of halogens is 1. The van der Waals surface area contributed by atoms with Crippen molar-refractivity contribution in [2.45, 2.75) is 13.5 Å². The summed E-state index contributed by atoms with van der Waals surface area (Å²) in [5.41, 5.74) is 3.09. The second-order valence-corrected chi connectivity index (χ2v) is 5.60. The molecule has 0 atom stereocenters. The first-order chi connectivity index (χ1) is 10.2. The molecule has 2 aromatic carbocycles. The molecule has 0 saturated carbocycles. The van der Waals surface area contributed by atoms with Crippen LogP contribution in [0.25, 0.3) is 11.5 Å². The Morgan fingerprint density at radius 1 is 1.10 bits per heavy atom. The van der Waals surface area contributed by atoms with Crippen molar-refractivity contribution in [3.63, 3.8) is 0 Å². The van der Waals surface area contributed by atoms with Gasteiger partial charge >= 0.3 is 0 Å². The van der Waals surface area contributed by atoms with Gasteiger partial charge in [-0.3, -0.25) is 0 Å². The van der Waals surface area contributed by atoms with Gasteiger partial charge in [-0.1, -0.05) is 40.2 Å². The molecule has 0 aliphatic rings. The van der Waals surface area contributed by atoms with Crippen LogP contribution in [0.2, 0.25) is 0 Å². The summed E-state index contributed by atoms with van der Waals surface area (Å²) < 4.78 is 6.73. The van der Waals surface area contributed by atoms with Gasteiger partial charge in [0.1, 0.15) is 0 Å². The first-order valence-electron chi connectivity index (χ1n) is 6.60. The zero-order valence-electron chi connectivity index (χ0n) is 11.5. The molecule has 0 bridgehead atoms. The highest BCUT2D eigenvalue weighted by molar-refractivity contribution is 9.10. The van der Waals surface area contributed by atoms with Crippen molar-refractivity contribution in [2.24, 2.45) is 0 Å². The molecule has 0 fully saturated rings. The van der Waals surface area contributed by atoms with E-state index in [1.54, 1.807) is 0 Å². The van der Waals surface area contributed by atoms with Crippen LogP contribution >= 0.6 is 15.9 Å². The lowest BCUT2D eigenvalue weighted by Gasteiger charge is -2.03. The molecular weight excluding hydrogens is 330 g/mol. The molecule has 21 heavy (non-hydrogen) atoms. The predicted molar refractivity (Wildman–Crippen MR) is 85.9 cm³/mol. The summed E-state index contributed by atoms with van der Waals surface area (Å²) in [4.78, 5) is 0. The summed E-state index contributed by atoms with van der Waals surface area (Å²) in [6.45, 7) is 2.52. The maximum absolute atomic E-state index is 5.71. The Kier molecular flexibility index (Phi) is 4.01. The highest BCUT2D eigenvalue weighted by Crippen LogP contribution is 2.22. The van der Waals surface area contributed by atoms with Gasteiger partial charge in [0.2, 0.25) is 11.8 Å². The van der Waals surface area contributed by atoms with Crippen molar-refractivity contribution >= 4 is 21.6 Å². The molecule has 0 aliphatic heterocycles. The number of hydrogen-bond acceptors (Lipinski definition) is 4. The van der Waals surface area contributed by atoms with Crippen molar-refractivity contribution in [3.05, 3.63) is 64.5 Å². The van der Waals surface area contributed by atoms with E-state index in [9.17, 15) is 0 Å². The summed E-state index contributed by atoms with van der Waals surface area (Å²) in [5.74, 6) is 1.12. The third-order valence-corrected chi connectivity index (χ3v) is 3.60. The average molecular weight is 344 g/mol. The van der Waals surface area contributed by atoms with Crippen LogP contribution in [0.1, 0.15) is 11.5 Å². The molecule has 0 spiro atoms. The standard InChI is InChI=1S/C16H14BrN3O/c1-11-5-2-3-8-14(11)16-20-19-15(21-16)10-18-13-7-4-6-12(17)9-13/h2-9,18H,10H2,1H3. The fourth-order valence-corrected chi connectivity index (χ4v) is 2.42. The normalized spacial score (nSPS) is 10.6. The van der Waals surface area contributed by atoms with Gasteiger partial charge in [-0.05, 0) is 36.8 Å². The Balaban J connectivity index is 1.72. The van der Waals surface area contributed by atoms with Crippen LogP contribution in [0.3, 0.4) is 0 Å². The number of nitrogens with zero attached hydrogens (tertiary/aromatic N) is 2. The summed E-state index contributed by atoms with van der Waals surface area (Å²) in [5, 5.41) is 11.4. The van der Waals surface area contributed by atoms with Crippen molar-refractivity contribution in [2.75, 3.05) is 5.32 Å². The van der Waals surface area contributed by atoms with Crippen LogP contribution < -0.4 is 5.32 Å². The van der Waals surface area contributed by atoms with Crippen molar-refractivity contribution in [1.29, 1.82) is 0 Å². The Morgan fingerprint density at radius 3 is 2.76 bits per heavy atom. The van der Waals surface area contributed by atoms with E-state index in [-0.39, 0.29) is 0 Å². The summed E-state index contributed by atoms with van der Waals surface area (Å²) in [6.07, 6.45) is 0. The van der Waals surface area contributed by atoms with E-state index in [1.807, 2.05) is 55.5 Å². The molecule has 1 aromatic heterocycles. The van der Waals surface area contributed by atoms with Crippen LogP contribution in [-0.2, 0) is 6.54 Å². The maximum Gasteiger partial charge on any atom is 0.248 e. The molecule has 4 nitrogen and oxygen atoms in total. The third-order valence-electron chi connectivity index (χ3n) is 3.11. The zero-order valence-corrected chi connectivity index (χ0v) is 13.1. The molecule has 1 heterocycles. The quantitative estimate of drug-likeness (QED) is 0.761. The van der Waals surface area contributed by atoms with Gasteiger partial charge in [0.05, 0.1) is 6.54 Å². The number of anilines is 1. The van der Waals surface area contributed by atoms with Crippen LogP contribution in [0.5, 0.6) is 0 Å². The molecule has 3 aromatic rings. The number of aryl methyl sites for hydroxylation is 1. The topological polar surface area (TPSA) is 51.0 Å². The molecule has 1 N–H and O–H groups in total. The molecule has 0 aliphatic carbocycles. The smallest absolute Gasteiger partial charge is 0.248 e. The minimum absolute atomic E-state index is 0.495. The Morgan fingerprint density at radius 2 is 1.95 bits per heavy atom. The van der Waals surface area contributed by atoms with E-state index in [0.29, 0.717) is 18.3 Å². The second-order valence-electron chi connectivity index (χ2n) is 4.68. The van der Waals surface area contributed by atoms with Crippen molar-refractivity contribution in [3.8, 4) is 11.5 Å². The lowest BCUT2D eigenvalue weighted by molar-refractivity contribution is 0.514. The summed E-state index contributed by atoms with van der Waals surface area (Å²) in [6, 6.07) is 15.9. The number of rotatable bonds is 4. The van der Waals surface area contributed by atoms with Crippen LogP contribution in [0, 0.1) is 6.92 Å². The molecule has 106 valence electrons. The van der Waals surface area contributed by atoms with Gasteiger partial charge < -0.3 is 9.73 Å². The fraction of sp³-hybridized carbons (Fsp3) is 0.125. The van der Waals surface area contributed by atoms with Crippen molar-refractivity contribution in [1.82, 2.24) is 10.2 Å². The van der Waals surface area contributed by atoms with Gasteiger partial charge in [-0.2, -0.15) is 0 Å². The van der Waals surface area contributed by atoms with Crippen LogP contribution in [-0.4, -0.2) is 10.2 Å². The number of nitrogens with one attached hydrogen (secondary N) is 1. The van der Waals surface area contributed by atoms with E-state index in [4.69, 9.17) is 4.42 Å². The van der Waals surface area contributed by atoms with E-state index in [0.717, 1.165) is 21.3 Å². The molecule has 5 heteroatoms. The second kappa shape index (κ2) is 6.10. The summed E-state index contributed by atoms with van der Waals surface area (Å²) in [7, 11) is 0. The monoisotopic (exact) mass is 343 g/mol. The molecular formula is C16H14BrN3O. The van der Waals surface area contributed by atoms with E-state index in [1.165, 1.54) is 0 Å². The minimum atomic E-state index is 0.495. The Bertz CT molecular complexity index is 755. The Hall–Kier alpha value is -2.14. The first-order valence-corrected chi connectivity index (χ1v) is 7.39. The fourth-order valence-electron chi connectivity index (χ4n) is 2.02. The molecule has 0 radical (unpaired) electrons. The number of hydrogen-bond donors (Lipinski definition) is 1. The Labute approximate surface area is 131 Å². The highest BCUT2D eigenvalue weighted by Gasteiger charge is 2.10. The average Bonchev–Trinajstić information content (AvgIpc) is 2.94. The number of aromatic nitrogens is 2. The van der Waals surface area contributed by atoms with Crippen LogP contribution in [0.15, 0.2) is 57.4 Å². The van der Waals surface area contributed by atoms with Crippen LogP contribution in [0.4, 0.5) is 5.69 Å². The molecule has 3 rings (SSSR count). The number of benzene rings is 2. The zero-order chi connectivity index (χ0) is 14.7. The van der Waals surface area contributed by atoms with Gasteiger partial charge in [0.15, 0.2) is 0 Å².